The Balaban J connectivity index is 2.21. The minimum atomic E-state index is 0.573. The van der Waals surface area contributed by atoms with Crippen LogP contribution in [0.3, 0.4) is 0 Å². The highest BCUT2D eigenvalue weighted by Gasteiger charge is 2.37. The lowest BCUT2D eigenvalue weighted by molar-refractivity contribution is 0.810. The van der Waals surface area contributed by atoms with Crippen LogP contribution in [-0.2, 0) is 0 Å². The second-order valence-electron chi connectivity index (χ2n) is 4.51. The molecule has 0 amide bonds. The third kappa shape index (κ3) is 1.24. The molecule has 1 saturated carbocycles. The van der Waals surface area contributed by atoms with Crippen LogP contribution in [0.5, 0.6) is 0 Å². The maximum atomic E-state index is 4.57. The van der Waals surface area contributed by atoms with Crippen molar-refractivity contribution in [2.75, 3.05) is 0 Å². The third-order valence-corrected chi connectivity index (χ3v) is 3.17. The molecule has 2 atom stereocenters. The highest BCUT2D eigenvalue weighted by Crippen LogP contribution is 2.45. The fraction of sp³-hybridized carbons (Fsp3) is 0.545. The van der Waals surface area contributed by atoms with Gasteiger partial charge in [0.2, 0.25) is 0 Å². The first-order valence-electron chi connectivity index (χ1n) is 5.35. The standard InChI is InChI=1S/C11H14N4/c1-6-4-9(6)10-13-11-8(3)12-5-7(2)15(11)14-10/h5-6,9H,4H2,1-3H3. The Morgan fingerprint density at radius 1 is 1.40 bits per heavy atom. The molecule has 2 aromatic rings. The van der Waals surface area contributed by atoms with Crippen molar-refractivity contribution in [2.45, 2.75) is 33.1 Å². The number of aromatic nitrogens is 4. The summed E-state index contributed by atoms with van der Waals surface area (Å²) in [7, 11) is 0. The van der Waals surface area contributed by atoms with Gasteiger partial charge >= 0.3 is 0 Å². The second-order valence-corrected chi connectivity index (χ2v) is 4.51. The lowest BCUT2D eigenvalue weighted by Gasteiger charge is -1.97. The number of hydrogen-bond donors (Lipinski definition) is 0. The molecule has 15 heavy (non-hydrogen) atoms. The summed E-state index contributed by atoms with van der Waals surface area (Å²) in [6.07, 6.45) is 3.07. The normalized spacial score (nSPS) is 24.7. The molecule has 0 N–H and O–H groups in total. The van der Waals surface area contributed by atoms with E-state index in [1.807, 2.05) is 24.6 Å². The maximum Gasteiger partial charge on any atom is 0.177 e. The zero-order valence-electron chi connectivity index (χ0n) is 9.23. The number of nitrogens with zero attached hydrogens (tertiary/aromatic N) is 4. The quantitative estimate of drug-likeness (QED) is 0.709. The Labute approximate surface area is 88.4 Å². The van der Waals surface area contributed by atoms with Gasteiger partial charge < -0.3 is 0 Å². The van der Waals surface area contributed by atoms with Gasteiger partial charge in [-0.2, -0.15) is 5.10 Å². The zero-order valence-corrected chi connectivity index (χ0v) is 9.23. The first kappa shape index (κ1) is 8.83. The van der Waals surface area contributed by atoms with Crippen molar-refractivity contribution in [1.29, 1.82) is 0 Å². The fourth-order valence-corrected chi connectivity index (χ4v) is 1.95. The summed E-state index contributed by atoms with van der Waals surface area (Å²) in [5, 5.41) is 4.55. The van der Waals surface area contributed by atoms with E-state index in [2.05, 4.69) is 22.0 Å². The summed E-state index contributed by atoms with van der Waals surface area (Å²) >= 11 is 0. The lowest BCUT2D eigenvalue weighted by Crippen LogP contribution is -1.97. The van der Waals surface area contributed by atoms with Gasteiger partial charge in [0.1, 0.15) is 0 Å². The van der Waals surface area contributed by atoms with Crippen LogP contribution < -0.4 is 0 Å². The average molecular weight is 202 g/mol. The molecular formula is C11H14N4. The Kier molecular flexibility index (Phi) is 1.63. The third-order valence-electron chi connectivity index (χ3n) is 3.17. The highest BCUT2D eigenvalue weighted by molar-refractivity contribution is 5.43. The Bertz CT molecular complexity index is 490. The Hall–Kier alpha value is -1.45. The first-order valence-corrected chi connectivity index (χ1v) is 5.35. The molecule has 2 heterocycles. The van der Waals surface area contributed by atoms with E-state index in [0.717, 1.165) is 28.8 Å². The van der Waals surface area contributed by atoms with E-state index in [1.54, 1.807) is 0 Å². The van der Waals surface area contributed by atoms with Gasteiger partial charge in [0.15, 0.2) is 11.5 Å². The fourth-order valence-electron chi connectivity index (χ4n) is 1.95. The van der Waals surface area contributed by atoms with E-state index in [-0.39, 0.29) is 0 Å². The Morgan fingerprint density at radius 2 is 2.13 bits per heavy atom. The van der Waals surface area contributed by atoms with Gasteiger partial charge in [0, 0.05) is 12.1 Å². The molecule has 2 unspecified atom stereocenters. The van der Waals surface area contributed by atoms with Gasteiger partial charge in [-0.1, -0.05) is 6.92 Å². The number of aryl methyl sites for hydroxylation is 2. The van der Waals surface area contributed by atoms with Crippen LogP contribution in [0.1, 0.15) is 36.5 Å². The summed E-state index contributed by atoms with van der Waals surface area (Å²) in [5.41, 5.74) is 2.90. The minimum absolute atomic E-state index is 0.573. The molecule has 3 rings (SSSR count). The number of rotatable bonds is 1. The summed E-state index contributed by atoms with van der Waals surface area (Å²) < 4.78 is 1.91. The molecule has 1 aliphatic carbocycles. The van der Waals surface area contributed by atoms with Crippen LogP contribution in [0, 0.1) is 19.8 Å². The second kappa shape index (κ2) is 2.78. The molecule has 0 aliphatic heterocycles. The van der Waals surface area contributed by atoms with E-state index in [0.29, 0.717) is 5.92 Å². The van der Waals surface area contributed by atoms with Gasteiger partial charge in [0.25, 0.3) is 0 Å². The highest BCUT2D eigenvalue weighted by atomic mass is 15.3. The van der Waals surface area contributed by atoms with Crippen LogP contribution in [-0.4, -0.2) is 19.6 Å². The first-order chi connectivity index (χ1) is 7.16. The molecule has 4 heteroatoms. The molecule has 0 saturated heterocycles. The molecule has 78 valence electrons. The van der Waals surface area contributed by atoms with Gasteiger partial charge in [0.05, 0.1) is 11.4 Å². The summed E-state index contributed by atoms with van der Waals surface area (Å²) in [5.74, 6) is 2.31. The molecule has 2 aromatic heterocycles. The predicted molar refractivity (Wildman–Crippen MR) is 56.8 cm³/mol. The van der Waals surface area contributed by atoms with Crippen molar-refractivity contribution in [2.24, 2.45) is 5.92 Å². The molecule has 0 radical (unpaired) electrons. The van der Waals surface area contributed by atoms with E-state index >= 15 is 0 Å². The number of fused-ring (bicyclic) bond motifs is 1. The van der Waals surface area contributed by atoms with Crippen molar-refractivity contribution in [1.82, 2.24) is 19.6 Å². The maximum absolute atomic E-state index is 4.57. The van der Waals surface area contributed by atoms with Gasteiger partial charge in [-0.3, -0.25) is 4.98 Å². The van der Waals surface area contributed by atoms with Gasteiger partial charge in [-0.05, 0) is 26.2 Å². The topological polar surface area (TPSA) is 43.1 Å². The van der Waals surface area contributed by atoms with Crippen LogP contribution in [0.25, 0.3) is 5.65 Å². The largest absolute Gasteiger partial charge is 0.256 e. The van der Waals surface area contributed by atoms with Crippen LogP contribution in [0.4, 0.5) is 0 Å². The van der Waals surface area contributed by atoms with Crippen LogP contribution in [0.15, 0.2) is 6.20 Å². The van der Waals surface area contributed by atoms with E-state index in [4.69, 9.17) is 0 Å². The minimum Gasteiger partial charge on any atom is -0.256 e. The average Bonchev–Trinajstić information content (AvgIpc) is 2.79. The Morgan fingerprint density at radius 3 is 2.73 bits per heavy atom. The summed E-state index contributed by atoms with van der Waals surface area (Å²) in [6, 6.07) is 0. The molecule has 0 bridgehead atoms. The molecule has 0 spiro atoms. The van der Waals surface area contributed by atoms with E-state index in [9.17, 15) is 0 Å². The molecular weight excluding hydrogens is 188 g/mol. The smallest absolute Gasteiger partial charge is 0.177 e. The zero-order chi connectivity index (χ0) is 10.6. The van der Waals surface area contributed by atoms with Crippen molar-refractivity contribution in [3.63, 3.8) is 0 Å². The number of hydrogen-bond acceptors (Lipinski definition) is 3. The van der Waals surface area contributed by atoms with Crippen molar-refractivity contribution < 1.29 is 0 Å². The molecule has 0 aromatic carbocycles. The summed E-state index contributed by atoms with van der Waals surface area (Å²) in [4.78, 5) is 8.87. The van der Waals surface area contributed by atoms with Crippen molar-refractivity contribution >= 4 is 5.65 Å². The molecule has 1 fully saturated rings. The molecule has 4 nitrogen and oxygen atoms in total. The van der Waals surface area contributed by atoms with Crippen molar-refractivity contribution in [3.8, 4) is 0 Å². The van der Waals surface area contributed by atoms with Crippen molar-refractivity contribution in [3.05, 3.63) is 23.4 Å². The van der Waals surface area contributed by atoms with Gasteiger partial charge in [-0.15, -0.1) is 0 Å². The predicted octanol–water partition coefficient (Wildman–Crippen LogP) is 1.86. The monoisotopic (exact) mass is 202 g/mol. The van der Waals surface area contributed by atoms with Crippen LogP contribution >= 0.6 is 0 Å². The lowest BCUT2D eigenvalue weighted by atomic mass is 10.3. The van der Waals surface area contributed by atoms with E-state index < -0.39 is 0 Å². The summed E-state index contributed by atoms with van der Waals surface area (Å²) in [6.45, 7) is 6.23. The van der Waals surface area contributed by atoms with Gasteiger partial charge in [-0.25, -0.2) is 9.50 Å². The van der Waals surface area contributed by atoms with E-state index in [1.165, 1.54) is 6.42 Å². The SMILES string of the molecule is Cc1ncc(C)n2nc(C3CC3C)nc12. The molecule has 1 aliphatic rings. The van der Waals surface area contributed by atoms with Crippen LogP contribution in [0.2, 0.25) is 0 Å².